The number of amides is 6. The van der Waals surface area contributed by atoms with Gasteiger partial charge in [-0.25, -0.2) is 4.79 Å². The number of alkyl carbamates (subject to hydrolysis) is 1. The number of aliphatic hydroxyl groups is 1. The molecule has 0 spiro atoms. The zero-order valence-corrected chi connectivity index (χ0v) is 41.7. The van der Waals surface area contributed by atoms with Crippen LogP contribution in [-0.4, -0.2) is 145 Å². The molecule has 5 atom stereocenters. The van der Waals surface area contributed by atoms with Crippen LogP contribution in [0.5, 0.6) is 0 Å². The van der Waals surface area contributed by atoms with Gasteiger partial charge in [-0.2, -0.15) is 11.8 Å². The van der Waals surface area contributed by atoms with Crippen molar-refractivity contribution in [2.24, 2.45) is 35.1 Å². The third-order valence-corrected chi connectivity index (χ3v) is 13.2. The smallest absolute Gasteiger partial charge is 0.463 e. The molecule has 64 heavy (non-hydrogen) atoms. The Morgan fingerprint density at radius 2 is 1.08 bits per heavy atom. The van der Waals surface area contributed by atoms with Crippen LogP contribution in [0.2, 0.25) is 6.04 Å². The molecule has 0 aromatic rings. The Labute approximate surface area is 385 Å². The zero-order valence-electron chi connectivity index (χ0n) is 39.8. The molecule has 23 heteroatoms. The molecular weight excluding hydrogens is 877 g/mol. The minimum atomic E-state index is -2.67. The lowest BCUT2D eigenvalue weighted by Gasteiger charge is -2.28. The van der Waals surface area contributed by atoms with Crippen LogP contribution in [0.3, 0.4) is 0 Å². The summed E-state index contributed by atoms with van der Waals surface area (Å²) in [5.41, 5.74) is 9.77. The highest BCUT2D eigenvalue weighted by molar-refractivity contribution is 7.99. The Kier molecular flexibility index (Phi) is 40.6. The van der Waals surface area contributed by atoms with Gasteiger partial charge < -0.3 is 65.3 Å². The van der Waals surface area contributed by atoms with Crippen LogP contribution in [-0.2, 0) is 61.1 Å². The number of ether oxygens (including phenoxy) is 3. The van der Waals surface area contributed by atoms with Crippen molar-refractivity contribution in [3.05, 3.63) is 0 Å². The number of rotatable bonds is 33. The highest BCUT2D eigenvalue weighted by Crippen LogP contribution is 2.18. The Hall–Kier alpha value is -4.03. The lowest BCUT2D eigenvalue weighted by Crippen LogP contribution is -2.46. The van der Waals surface area contributed by atoms with E-state index in [4.69, 9.17) is 39.0 Å². The van der Waals surface area contributed by atoms with Gasteiger partial charge in [0.15, 0.2) is 0 Å². The number of esters is 2. The molecule has 5 unspecified atom stereocenters. The lowest BCUT2D eigenvalue weighted by atomic mass is 10.1. The highest BCUT2D eigenvalue weighted by atomic mass is 32.2. The Morgan fingerprint density at radius 3 is 1.55 bits per heavy atom. The normalized spacial score (nSPS) is 13.0. The quantitative estimate of drug-likeness (QED) is 0.0213. The largest absolute Gasteiger partial charge is 0.500 e. The number of hydrogen-bond acceptors (Lipinski definition) is 16. The van der Waals surface area contributed by atoms with Crippen LogP contribution in [0.15, 0.2) is 0 Å². The van der Waals surface area contributed by atoms with Crippen LogP contribution in [0.4, 0.5) is 4.79 Å². The summed E-state index contributed by atoms with van der Waals surface area (Å²) in [6.07, 6.45) is 1.43. The molecule has 0 aromatic heterocycles. The number of carbonyl (C=O) groups is 8. The van der Waals surface area contributed by atoms with Crippen molar-refractivity contribution >= 4 is 68.1 Å². The molecule has 0 saturated heterocycles. The van der Waals surface area contributed by atoms with Crippen LogP contribution in [0, 0.1) is 23.7 Å². The predicted octanol–water partition coefficient (Wildman–Crippen LogP) is 1.79. The summed E-state index contributed by atoms with van der Waals surface area (Å²) in [5.74, 6) is -2.14. The van der Waals surface area contributed by atoms with E-state index < -0.39 is 44.8 Å². The fraction of sp³-hybridized carbons (Fsp3) is 0.805. The maximum absolute atomic E-state index is 11.7. The van der Waals surface area contributed by atoms with Crippen molar-refractivity contribution in [1.82, 2.24) is 21.3 Å². The van der Waals surface area contributed by atoms with E-state index in [-0.39, 0.29) is 80.7 Å². The summed E-state index contributed by atoms with van der Waals surface area (Å²) in [7, 11) is -2.67. The summed E-state index contributed by atoms with van der Waals surface area (Å²) < 4.78 is 32.1. The predicted molar refractivity (Wildman–Crippen MR) is 244 cm³/mol. The van der Waals surface area contributed by atoms with Gasteiger partial charge >= 0.3 is 26.8 Å². The van der Waals surface area contributed by atoms with Crippen LogP contribution >= 0.6 is 11.8 Å². The molecular formula is C41H80N6O15SSi. The zero-order chi connectivity index (χ0) is 49.5. The molecule has 0 radical (unpaired) electrons. The molecule has 6 amide bonds. The monoisotopic (exact) mass is 957 g/mol. The first-order valence-electron chi connectivity index (χ1n) is 22.0. The van der Waals surface area contributed by atoms with Gasteiger partial charge in [0.25, 0.3) is 0 Å². The maximum atomic E-state index is 11.7. The van der Waals surface area contributed by atoms with Crippen LogP contribution < -0.4 is 32.7 Å². The second-order valence-electron chi connectivity index (χ2n) is 14.4. The number of nitrogens with two attached hydrogens (primary N) is 2. The average molecular weight is 957 g/mol. The van der Waals surface area contributed by atoms with Crippen molar-refractivity contribution in [3.63, 3.8) is 0 Å². The van der Waals surface area contributed by atoms with Crippen LogP contribution in [0.25, 0.3) is 0 Å². The molecule has 0 aromatic carbocycles. The number of aliphatic hydroxyl groups excluding tert-OH is 1. The van der Waals surface area contributed by atoms with E-state index >= 15 is 0 Å². The molecule has 0 heterocycles. The molecule has 21 nitrogen and oxygen atoms in total. The Bertz CT molecular complexity index is 1340. The Morgan fingerprint density at radius 1 is 0.609 bits per heavy atom. The van der Waals surface area contributed by atoms with Gasteiger partial charge in [0.05, 0.1) is 32.0 Å². The first kappa shape index (κ1) is 64.3. The van der Waals surface area contributed by atoms with E-state index in [1.54, 1.807) is 20.8 Å². The SMILES string of the molecule is CCC(C)C(=O)NCC(N)=O.CCC(C)C(=O)OCC(O)COC(=O)CCSCC(C)C(=O)NCC(N)=O.CCO[Si](CCCNC(=O)OCCNC(=O)C(C)CC)(OCC)OCC. The number of nitrogens with one attached hydrogen (secondary N) is 4. The van der Waals surface area contributed by atoms with Gasteiger partial charge in [0, 0.05) is 61.7 Å². The minimum Gasteiger partial charge on any atom is -0.463 e. The molecule has 0 aliphatic rings. The van der Waals surface area contributed by atoms with E-state index in [9.17, 15) is 43.5 Å². The van der Waals surface area contributed by atoms with E-state index in [1.165, 1.54) is 11.8 Å². The van der Waals surface area contributed by atoms with Crippen LogP contribution in [0.1, 0.15) is 101 Å². The lowest BCUT2D eigenvalue weighted by molar-refractivity contribution is -0.155. The standard InChI is InChI=1S/C17H30N2O7S.C17H36N2O6Si.C7H14N2O2/c1-4-11(2)17(24)26-9-13(20)8-25-15(22)5-6-27-10-12(3)16(23)19-7-14(18)21;1-6-15(5)16(20)18-12-13-22-17(21)19-11-10-14-26(23-7-2,24-8-3)25-9-4;1-3-5(2)7(11)9-4-6(8)10/h11-13,20H,4-10H2,1-3H3,(H2,18,21)(H,19,23);15H,6-14H2,1-5H3,(H,18,20)(H,19,21);5H,3-4H2,1-2H3,(H2,8,10)(H,9,11). The second-order valence-corrected chi connectivity index (χ2v) is 18.3. The van der Waals surface area contributed by atoms with Gasteiger partial charge in [0.1, 0.15) is 25.9 Å². The third-order valence-electron chi connectivity index (χ3n) is 8.79. The summed E-state index contributed by atoms with van der Waals surface area (Å²) in [6, 6.07) is 0.633. The number of hydrogen-bond donors (Lipinski definition) is 7. The second kappa shape index (κ2) is 40.5. The van der Waals surface area contributed by atoms with Crippen molar-refractivity contribution in [1.29, 1.82) is 0 Å². The topological polar surface area (TPSA) is 312 Å². The molecule has 0 aliphatic carbocycles. The van der Waals surface area contributed by atoms with Gasteiger partial charge in [-0.1, -0.05) is 48.5 Å². The van der Waals surface area contributed by atoms with E-state index in [0.29, 0.717) is 63.3 Å². The maximum Gasteiger partial charge on any atom is 0.500 e. The minimum absolute atomic E-state index is 0.0272. The van der Waals surface area contributed by atoms with Crippen molar-refractivity contribution < 1.29 is 71.0 Å². The molecule has 0 bridgehead atoms. The summed E-state index contributed by atoms with van der Waals surface area (Å²) in [4.78, 5) is 89.7. The first-order chi connectivity index (χ1) is 30.2. The molecule has 0 aliphatic heterocycles. The van der Waals surface area contributed by atoms with Crippen molar-refractivity contribution in [2.75, 3.05) is 77.3 Å². The highest BCUT2D eigenvalue weighted by Gasteiger charge is 2.39. The summed E-state index contributed by atoms with van der Waals surface area (Å²) >= 11 is 1.40. The van der Waals surface area contributed by atoms with Gasteiger partial charge in [-0.3, -0.25) is 33.6 Å². The van der Waals surface area contributed by atoms with Gasteiger partial charge in [-0.05, 0) is 46.5 Å². The van der Waals surface area contributed by atoms with Crippen molar-refractivity contribution in [2.45, 2.75) is 113 Å². The molecule has 0 rings (SSSR count). The van der Waals surface area contributed by atoms with Crippen molar-refractivity contribution in [3.8, 4) is 0 Å². The summed E-state index contributed by atoms with van der Waals surface area (Å²) in [5, 5.41) is 19.9. The first-order valence-corrected chi connectivity index (χ1v) is 25.1. The Balaban J connectivity index is -0.000000945. The number of primary amides is 2. The molecule has 0 saturated carbocycles. The van der Waals surface area contributed by atoms with Gasteiger partial charge in [0.2, 0.25) is 29.5 Å². The van der Waals surface area contributed by atoms with Gasteiger partial charge in [-0.15, -0.1) is 0 Å². The summed E-state index contributed by atoms with van der Waals surface area (Å²) in [6.45, 7) is 20.3. The molecule has 9 N–H and O–H groups in total. The van der Waals surface area contributed by atoms with E-state index in [1.807, 2.05) is 48.5 Å². The van der Waals surface area contributed by atoms with E-state index in [0.717, 1.165) is 12.8 Å². The number of thioether (sulfide) groups is 1. The fourth-order valence-electron chi connectivity index (χ4n) is 4.40. The fourth-order valence-corrected chi connectivity index (χ4v) is 7.99. The van der Waals surface area contributed by atoms with E-state index in [2.05, 4.69) is 21.3 Å². The number of carbonyl (C=O) groups excluding carboxylic acids is 8. The molecule has 0 fully saturated rings. The third kappa shape index (κ3) is 36.3. The average Bonchev–Trinajstić information content (AvgIpc) is 3.26. The molecule has 374 valence electrons.